The fourth-order valence-electron chi connectivity index (χ4n) is 3.04. The highest BCUT2D eigenvalue weighted by Gasteiger charge is 2.34. The van der Waals surface area contributed by atoms with E-state index in [1.54, 1.807) is 0 Å². The van der Waals surface area contributed by atoms with E-state index in [2.05, 4.69) is 36.7 Å². The number of carbonyl (C=O) groups is 3. The van der Waals surface area contributed by atoms with E-state index >= 15 is 0 Å². The Morgan fingerprint density at radius 2 is 1.55 bits per heavy atom. The van der Waals surface area contributed by atoms with Crippen LogP contribution >= 0.6 is 0 Å². The third-order valence-corrected chi connectivity index (χ3v) is 4.17. The van der Waals surface area contributed by atoms with Crippen LogP contribution in [0.15, 0.2) is 0 Å². The molecule has 22 heavy (non-hydrogen) atoms. The van der Waals surface area contributed by atoms with E-state index in [1.807, 2.05) is 0 Å². The summed E-state index contributed by atoms with van der Waals surface area (Å²) >= 11 is 0. The van der Waals surface area contributed by atoms with Crippen LogP contribution in [0.1, 0.15) is 53.4 Å². The molecule has 0 saturated heterocycles. The molecule has 1 fully saturated rings. The van der Waals surface area contributed by atoms with E-state index in [1.165, 1.54) is 13.3 Å². The maximum Gasteiger partial charge on any atom is 0.239 e. The molecular formula is C16H29N3O3. The molecule has 0 aromatic carbocycles. The zero-order valence-corrected chi connectivity index (χ0v) is 14.1. The molecule has 0 radical (unpaired) electrons. The molecule has 3 amide bonds. The van der Waals surface area contributed by atoms with Crippen molar-refractivity contribution in [2.24, 2.45) is 11.3 Å². The predicted molar refractivity (Wildman–Crippen MR) is 85.0 cm³/mol. The molecule has 0 unspecified atom stereocenters. The van der Waals surface area contributed by atoms with Gasteiger partial charge >= 0.3 is 0 Å². The number of carbonyl (C=O) groups excluding carboxylic acids is 3. The maximum absolute atomic E-state index is 12.0. The summed E-state index contributed by atoms with van der Waals surface area (Å²) in [5.41, 5.74) is 0.160. The molecule has 1 rings (SSSR count). The van der Waals surface area contributed by atoms with Crippen molar-refractivity contribution in [2.75, 3.05) is 13.1 Å². The average molecular weight is 311 g/mol. The van der Waals surface area contributed by atoms with E-state index in [-0.39, 0.29) is 42.3 Å². The van der Waals surface area contributed by atoms with Gasteiger partial charge in [-0.25, -0.2) is 0 Å². The minimum atomic E-state index is -0.360. The molecule has 3 N–H and O–H groups in total. The third kappa shape index (κ3) is 6.45. The van der Waals surface area contributed by atoms with Gasteiger partial charge in [-0.15, -0.1) is 0 Å². The summed E-state index contributed by atoms with van der Waals surface area (Å²) < 4.78 is 0. The van der Waals surface area contributed by atoms with Crippen molar-refractivity contribution < 1.29 is 14.4 Å². The number of hydrogen-bond acceptors (Lipinski definition) is 3. The van der Waals surface area contributed by atoms with E-state index in [0.29, 0.717) is 5.92 Å². The molecule has 1 saturated carbocycles. The highest BCUT2D eigenvalue weighted by molar-refractivity contribution is 5.87. The van der Waals surface area contributed by atoms with Crippen molar-refractivity contribution in [1.29, 1.82) is 0 Å². The van der Waals surface area contributed by atoms with E-state index in [9.17, 15) is 14.4 Å². The molecule has 2 atom stereocenters. The van der Waals surface area contributed by atoms with Gasteiger partial charge in [0.05, 0.1) is 13.1 Å². The standard InChI is InChI=1S/C16H29N3O3/c1-11(20)17-9-14(21)18-10-15(22)19-13-8-6-5-7-12(13)16(2,3)4/h12-13H,5-10H2,1-4H3,(H,17,20)(H,18,21)(H,19,22)/t12-,13+/m0/s1. The van der Waals surface area contributed by atoms with Gasteiger partial charge in [-0.05, 0) is 24.2 Å². The molecular weight excluding hydrogens is 282 g/mol. The largest absolute Gasteiger partial charge is 0.352 e. The molecule has 0 aromatic rings. The van der Waals surface area contributed by atoms with Crippen molar-refractivity contribution in [3.8, 4) is 0 Å². The maximum atomic E-state index is 12.0. The molecule has 0 aromatic heterocycles. The van der Waals surface area contributed by atoms with Crippen LogP contribution in [0.4, 0.5) is 0 Å². The number of hydrogen-bond donors (Lipinski definition) is 3. The van der Waals surface area contributed by atoms with Crippen molar-refractivity contribution in [2.45, 2.75) is 59.4 Å². The smallest absolute Gasteiger partial charge is 0.239 e. The lowest BCUT2D eigenvalue weighted by Gasteiger charge is -2.40. The lowest BCUT2D eigenvalue weighted by Crippen LogP contribution is -2.50. The molecule has 1 aliphatic rings. The van der Waals surface area contributed by atoms with Crippen LogP contribution in [0, 0.1) is 11.3 Å². The molecule has 0 aliphatic heterocycles. The van der Waals surface area contributed by atoms with Gasteiger partial charge in [0.2, 0.25) is 17.7 Å². The zero-order valence-electron chi connectivity index (χ0n) is 14.1. The predicted octanol–water partition coefficient (Wildman–Crippen LogP) is 0.960. The summed E-state index contributed by atoms with van der Waals surface area (Å²) in [6, 6.07) is 0.175. The Morgan fingerprint density at radius 3 is 2.14 bits per heavy atom. The van der Waals surface area contributed by atoms with Gasteiger partial charge < -0.3 is 16.0 Å². The summed E-state index contributed by atoms with van der Waals surface area (Å²) in [7, 11) is 0. The van der Waals surface area contributed by atoms with Gasteiger partial charge in [0.15, 0.2) is 0 Å². The number of nitrogens with one attached hydrogen (secondary N) is 3. The lowest BCUT2D eigenvalue weighted by atomic mass is 9.69. The van der Waals surface area contributed by atoms with Crippen LogP contribution in [0.3, 0.4) is 0 Å². The summed E-state index contributed by atoms with van der Waals surface area (Å²) in [4.78, 5) is 34.2. The Morgan fingerprint density at radius 1 is 0.955 bits per heavy atom. The number of amides is 3. The first-order chi connectivity index (χ1) is 10.2. The Hall–Kier alpha value is -1.59. The highest BCUT2D eigenvalue weighted by atomic mass is 16.2. The van der Waals surface area contributed by atoms with Crippen LogP contribution in [-0.4, -0.2) is 36.9 Å². The molecule has 1 aliphatic carbocycles. The summed E-state index contributed by atoms with van der Waals surface area (Å²) in [5.74, 6) is -0.339. The Balaban J connectivity index is 2.39. The van der Waals surface area contributed by atoms with Gasteiger partial charge in [0.25, 0.3) is 0 Å². The monoisotopic (exact) mass is 311 g/mol. The Kier molecular flexibility index (Phi) is 6.84. The lowest BCUT2D eigenvalue weighted by molar-refractivity contribution is -0.127. The Bertz CT molecular complexity index is 415. The highest BCUT2D eigenvalue weighted by Crippen LogP contribution is 2.37. The molecule has 0 spiro atoms. The first-order valence-electron chi connectivity index (χ1n) is 8.00. The van der Waals surface area contributed by atoms with Gasteiger partial charge in [-0.1, -0.05) is 33.6 Å². The summed E-state index contributed by atoms with van der Waals surface area (Å²) in [6.07, 6.45) is 4.46. The normalized spacial score (nSPS) is 21.8. The molecule has 6 nitrogen and oxygen atoms in total. The first kappa shape index (κ1) is 18.5. The van der Waals surface area contributed by atoms with Crippen molar-refractivity contribution in [3.63, 3.8) is 0 Å². The molecule has 6 heteroatoms. The van der Waals surface area contributed by atoms with Crippen LogP contribution < -0.4 is 16.0 Å². The second-order valence-electron chi connectivity index (χ2n) is 7.12. The van der Waals surface area contributed by atoms with Crippen molar-refractivity contribution >= 4 is 17.7 Å². The second kappa shape index (κ2) is 8.15. The first-order valence-corrected chi connectivity index (χ1v) is 8.00. The van der Waals surface area contributed by atoms with Gasteiger partial charge in [0.1, 0.15) is 0 Å². The topological polar surface area (TPSA) is 87.3 Å². The SMILES string of the molecule is CC(=O)NCC(=O)NCC(=O)N[C@@H]1CCCC[C@@H]1C(C)(C)C. The average Bonchev–Trinajstić information content (AvgIpc) is 2.42. The molecule has 0 heterocycles. The fraction of sp³-hybridized carbons (Fsp3) is 0.812. The van der Waals surface area contributed by atoms with E-state index < -0.39 is 0 Å². The van der Waals surface area contributed by atoms with Crippen LogP contribution in [-0.2, 0) is 14.4 Å². The number of rotatable bonds is 5. The third-order valence-electron chi connectivity index (χ3n) is 4.17. The molecule has 126 valence electrons. The summed E-state index contributed by atoms with van der Waals surface area (Å²) in [6.45, 7) is 7.81. The zero-order chi connectivity index (χ0) is 16.8. The van der Waals surface area contributed by atoms with Gasteiger partial charge in [0, 0.05) is 13.0 Å². The van der Waals surface area contributed by atoms with Crippen LogP contribution in [0.25, 0.3) is 0 Å². The summed E-state index contributed by atoms with van der Waals surface area (Å²) in [5, 5.41) is 7.96. The Labute approximate surface area is 132 Å². The van der Waals surface area contributed by atoms with E-state index in [4.69, 9.17) is 0 Å². The van der Waals surface area contributed by atoms with Crippen LogP contribution in [0.2, 0.25) is 0 Å². The van der Waals surface area contributed by atoms with Crippen molar-refractivity contribution in [3.05, 3.63) is 0 Å². The minimum absolute atomic E-state index is 0.0498. The van der Waals surface area contributed by atoms with Gasteiger partial charge in [-0.2, -0.15) is 0 Å². The quantitative estimate of drug-likeness (QED) is 0.707. The minimum Gasteiger partial charge on any atom is -0.352 e. The van der Waals surface area contributed by atoms with Crippen LogP contribution in [0.5, 0.6) is 0 Å². The fourth-order valence-corrected chi connectivity index (χ4v) is 3.04. The molecule has 0 bridgehead atoms. The van der Waals surface area contributed by atoms with Gasteiger partial charge in [-0.3, -0.25) is 14.4 Å². The van der Waals surface area contributed by atoms with Crippen molar-refractivity contribution in [1.82, 2.24) is 16.0 Å². The second-order valence-corrected chi connectivity index (χ2v) is 7.12. The van der Waals surface area contributed by atoms with E-state index in [0.717, 1.165) is 19.3 Å².